The van der Waals surface area contributed by atoms with Gasteiger partial charge in [-0.2, -0.15) is 0 Å². The lowest BCUT2D eigenvalue weighted by Gasteiger charge is -2.35. The topological polar surface area (TPSA) is 45.2 Å². The number of hydrogen-bond donors (Lipinski definition) is 0. The van der Waals surface area contributed by atoms with Crippen molar-refractivity contribution in [1.82, 2.24) is 15.0 Å². The highest BCUT2D eigenvalue weighted by molar-refractivity contribution is 9.10. The van der Waals surface area contributed by atoms with Gasteiger partial charge in [0.1, 0.15) is 16.2 Å². The smallest absolute Gasteiger partial charge is 0.185 e. The molecule has 21 heavy (non-hydrogen) atoms. The minimum atomic E-state index is 0.581. The Kier molecular flexibility index (Phi) is 3.54. The molecule has 7 heteroatoms. The molecule has 0 atom stereocenters. The third-order valence-corrected chi connectivity index (χ3v) is 5.17. The molecule has 0 unspecified atom stereocenters. The van der Waals surface area contributed by atoms with E-state index >= 15 is 0 Å². The van der Waals surface area contributed by atoms with Gasteiger partial charge in [-0.1, -0.05) is 0 Å². The maximum absolute atomic E-state index is 4.76. The second kappa shape index (κ2) is 5.53. The summed E-state index contributed by atoms with van der Waals surface area (Å²) < 4.78 is 0.900. The van der Waals surface area contributed by atoms with Crippen molar-refractivity contribution in [3.05, 3.63) is 28.1 Å². The van der Waals surface area contributed by atoms with Crippen LogP contribution in [-0.4, -0.2) is 41.1 Å². The Bertz CT molecular complexity index is 620. The van der Waals surface area contributed by atoms with E-state index < -0.39 is 0 Å². The number of piperazine rings is 1. The largest absolute Gasteiger partial charge is 0.353 e. The average molecular weight is 366 g/mol. The molecule has 3 heterocycles. The molecule has 0 spiro atoms. The minimum Gasteiger partial charge on any atom is -0.353 e. The zero-order chi connectivity index (χ0) is 14.2. The number of nitrogens with zero attached hydrogens (tertiary/aromatic N) is 5. The summed E-state index contributed by atoms with van der Waals surface area (Å²) in [6.07, 6.45) is 4.33. The van der Waals surface area contributed by atoms with E-state index in [9.17, 15) is 0 Å². The van der Waals surface area contributed by atoms with Crippen LogP contribution in [0.5, 0.6) is 0 Å². The fourth-order valence-electron chi connectivity index (χ4n) is 2.61. The zero-order valence-electron chi connectivity index (χ0n) is 11.6. The lowest BCUT2D eigenvalue weighted by Crippen LogP contribution is -2.46. The van der Waals surface area contributed by atoms with Gasteiger partial charge in [-0.3, -0.25) is 0 Å². The SMILES string of the molecule is Brc1cc(N2CCN(c3nccs3)CC2)nc(C2CC2)n1. The van der Waals surface area contributed by atoms with Crippen molar-refractivity contribution >= 4 is 38.2 Å². The number of anilines is 2. The predicted octanol–water partition coefficient (Wildman–Crippen LogP) is 2.90. The van der Waals surface area contributed by atoms with Gasteiger partial charge in [0.05, 0.1) is 0 Å². The molecule has 0 bridgehead atoms. The first-order chi connectivity index (χ1) is 10.3. The summed E-state index contributed by atoms with van der Waals surface area (Å²) in [4.78, 5) is 18.4. The Morgan fingerprint density at radius 1 is 1.10 bits per heavy atom. The molecule has 0 aromatic carbocycles. The van der Waals surface area contributed by atoms with Crippen molar-refractivity contribution in [2.45, 2.75) is 18.8 Å². The van der Waals surface area contributed by atoms with Gasteiger partial charge in [-0.15, -0.1) is 11.3 Å². The van der Waals surface area contributed by atoms with Crippen LogP contribution in [0.25, 0.3) is 0 Å². The Hall–Kier alpha value is -1.21. The van der Waals surface area contributed by atoms with Crippen LogP contribution in [0.15, 0.2) is 22.2 Å². The van der Waals surface area contributed by atoms with Crippen molar-refractivity contribution in [3.8, 4) is 0 Å². The average Bonchev–Trinajstić information content (AvgIpc) is 3.22. The quantitative estimate of drug-likeness (QED) is 0.782. The molecule has 4 rings (SSSR count). The predicted molar refractivity (Wildman–Crippen MR) is 88.2 cm³/mol. The van der Waals surface area contributed by atoms with Crippen LogP contribution in [0.1, 0.15) is 24.6 Å². The second-order valence-corrected chi connectivity index (χ2v) is 7.16. The molecular weight excluding hydrogens is 350 g/mol. The summed E-state index contributed by atoms with van der Waals surface area (Å²) in [7, 11) is 0. The van der Waals surface area contributed by atoms with Crippen LogP contribution < -0.4 is 9.80 Å². The number of hydrogen-bond acceptors (Lipinski definition) is 6. The summed E-state index contributed by atoms with van der Waals surface area (Å²) in [5.41, 5.74) is 0. The van der Waals surface area contributed by atoms with E-state index in [4.69, 9.17) is 4.98 Å². The third-order valence-electron chi connectivity index (χ3n) is 3.93. The van der Waals surface area contributed by atoms with Gasteiger partial charge in [-0.25, -0.2) is 15.0 Å². The van der Waals surface area contributed by atoms with Gasteiger partial charge in [0.15, 0.2) is 5.13 Å². The van der Waals surface area contributed by atoms with Crippen LogP contribution in [0.2, 0.25) is 0 Å². The van der Waals surface area contributed by atoms with Crippen molar-refractivity contribution in [2.75, 3.05) is 36.0 Å². The summed E-state index contributed by atoms with van der Waals surface area (Å²) in [5.74, 6) is 2.64. The van der Waals surface area contributed by atoms with Gasteiger partial charge in [-0.05, 0) is 28.8 Å². The third kappa shape index (κ3) is 2.89. The van der Waals surface area contributed by atoms with E-state index in [2.05, 4.69) is 35.7 Å². The molecule has 5 nitrogen and oxygen atoms in total. The van der Waals surface area contributed by atoms with E-state index in [1.54, 1.807) is 11.3 Å². The highest BCUT2D eigenvalue weighted by Crippen LogP contribution is 2.39. The van der Waals surface area contributed by atoms with E-state index in [0.717, 1.165) is 47.6 Å². The molecule has 2 aliphatic rings. The Labute approximate surface area is 136 Å². The van der Waals surface area contributed by atoms with Crippen LogP contribution in [0.4, 0.5) is 10.9 Å². The van der Waals surface area contributed by atoms with Crippen molar-refractivity contribution in [2.24, 2.45) is 0 Å². The first-order valence-corrected chi connectivity index (χ1v) is 8.91. The minimum absolute atomic E-state index is 0.581. The molecule has 2 aromatic rings. The van der Waals surface area contributed by atoms with Gasteiger partial charge >= 0.3 is 0 Å². The molecule has 1 saturated carbocycles. The molecule has 1 aliphatic heterocycles. The number of rotatable bonds is 3. The second-order valence-electron chi connectivity index (χ2n) is 5.47. The summed E-state index contributed by atoms with van der Waals surface area (Å²) in [6, 6.07) is 2.03. The lowest BCUT2D eigenvalue weighted by molar-refractivity contribution is 0.643. The summed E-state index contributed by atoms with van der Waals surface area (Å²) in [6.45, 7) is 3.95. The van der Waals surface area contributed by atoms with Crippen molar-refractivity contribution < 1.29 is 0 Å². The fraction of sp³-hybridized carbons (Fsp3) is 0.500. The maximum atomic E-state index is 4.76. The molecule has 0 amide bonds. The summed E-state index contributed by atoms with van der Waals surface area (Å²) in [5, 5.41) is 3.16. The molecule has 0 N–H and O–H groups in total. The van der Waals surface area contributed by atoms with Crippen molar-refractivity contribution in [3.63, 3.8) is 0 Å². The normalized spacial score (nSPS) is 19.1. The maximum Gasteiger partial charge on any atom is 0.185 e. The van der Waals surface area contributed by atoms with E-state index in [-0.39, 0.29) is 0 Å². The molecule has 110 valence electrons. The lowest BCUT2D eigenvalue weighted by atomic mass is 10.3. The van der Waals surface area contributed by atoms with Crippen molar-refractivity contribution in [1.29, 1.82) is 0 Å². The highest BCUT2D eigenvalue weighted by atomic mass is 79.9. The Balaban J connectivity index is 1.48. The van der Waals surface area contributed by atoms with E-state index in [0.29, 0.717) is 5.92 Å². The van der Waals surface area contributed by atoms with Gasteiger partial charge in [0, 0.05) is 49.7 Å². The monoisotopic (exact) mass is 365 g/mol. The molecule has 0 radical (unpaired) electrons. The fourth-order valence-corrected chi connectivity index (χ4v) is 3.69. The standard InChI is InChI=1S/C14H16BrN5S/c15-11-9-12(18-13(17-11)10-1-2-10)19-4-6-20(7-5-19)14-16-3-8-21-14/h3,8-10H,1-2,4-7H2. The first kappa shape index (κ1) is 13.5. The Morgan fingerprint density at radius 2 is 1.86 bits per heavy atom. The summed E-state index contributed by atoms with van der Waals surface area (Å²) >= 11 is 5.23. The van der Waals surface area contributed by atoms with Gasteiger partial charge in [0.25, 0.3) is 0 Å². The Morgan fingerprint density at radius 3 is 2.52 bits per heavy atom. The van der Waals surface area contributed by atoms with E-state index in [1.807, 2.05) is 17.6 Å². The zero-order valence-corrected chi connectivity index (χ0v) is 14.0. The molecule has 2 fully saturated rings. The van der Waals surface area contributed by atoms with Crippen LogP contribution in [0, 0.1) is 0 Å². The highest BCUT2D eigenvalue weighted by Gasteiger charge is 2.28. The van der Waals surface area contributed by atoms with E-state index in [1.165, 1.54) is 12.8 Å². The van der Waals surface area contributed by atoms with Gasteiger partial charge < -0.3 is 9.80 Å². The van der Waals surface area contributed by atoms with Crippen LogP contribution >= 0.6 is 27.3 Å². The molecule has 2 aromatic heterocycles. The molecule has 1 aliphatic carbocycles. The van der Waals surface area contributed by atoms with Crippen LogP contribution in [-0.2, 0) is 0 Å². The first-order valence-electron chi connectivity index (χ1n) is 7.23. The number of halogens is 1. The molecular formula is C14H16BrN5S. The number of thiazole rings is 1. The number of aromatic nitrogens is 3. The molecule has 1 saturated heterocycles. The van der Waals surface area contributed by atoms with Crippen LogP contribution in [0.3, 0.4) is 0 Å². The van der Waals surface area contributed by atoms with Gasteiger partial charge in [0.2, 0.25) is 0 Å².